The second kappa shape index (κ2) is 4.42. The van der Waals surface area contributed by atoms with E-state index in [9.17, 15) is 0 Å². The Balaban J connectivity index is 2.63. The molecule has 0 aliphatic heterocycles. The van der Waals surface area contributed by atoms with Crippen molar-refractivity contribution >= 4 is 21.6 Å². The number of hydrogen-bond donors (Lipinski definition) is 0. The van der Waals surface area contributed by atoms with E-state index in [0.717, 1.165) is 16.3 Å². The van der Waals surface area contributed by atoms with E-state index in [1.165, 1.54) is 10.3 Å². The predicted octanol–water partition coefficient (Wildman–Crippen LogP) is 4.13. The molecule has 0 saturated heterocycles. The standard InChI is InChI=1S/C13H17NOS/c1-5-15-11-6-10(8(2)3)7-12-13(11)14-9(4)16-12/h6-8H,5H2,1-4H3. The van der Waals surface area contributed by atoms with Crippen LogP contribution in [0.5, 0.6) is 5.75 Å². The third kappa shape index (κ3) is 2.05. The molecule has 0 spiro atoms. The van der Waals surface area contributed by atoms with Gasteiger partial charge in [-0.05, 0) is 37.5 Å². The maximum atomic E-state index is 5.67. The lowest BCUT2D eigenvalue weighted by molar-refractivity contribution is 0.343. The summed E-state index contributed by atoms with van der Waals surface area (Å²) in [5, 5.41) is 1.09. The lowest BCUT2D eigenvalue weighted by atomic mass is 10.0. The largest absolute Gasteiger partial charge is 0.492 e. The molecule has 0 fully saturated rings. The second-order valence-electron chi connectivity index (χ2n) is 4.19. The number of ether oxygens (including phenoxy) is 1. The first-order valence-electron chi connectivity index (χ1n) is 5.65. The van der Waals surface area contributed by atoms with Crippen molar-refractivity contribution in [2.45, 2.75) is 33.6 Å². The zero-order chi connectivity index (χ0) is 11.7. The molecule has 0 N–H and O–H groups in total. The van der Waals surface area contributed by atoms with Gasteiger partial charge in [0.05, 0.1) is 16.3 Å². The number of nitrogens with zero attached hydrogens (tertiary/aromatic N) is 1. The lowest BCUT2D eigenvalue weighted by Gasteiger charge is -2.09. The minimum Gasteiger partial charge on any atom is -0.492 e. The Morgan fingerprint density at radius 3 is 2.75 bits per heavy atom. The maximum Gasteiger partial charge on any atom is 0.146 e. The Hall–Kier alpha value is -1.09. The number of fused-ring (bicyclic) bond motifs is 1. The van der Waals surface area contributed by atoms with Crippen LogP contribution in [0, 0.1) is 6.92 Å². The fraction of sp³-hybridized carbons (Fsp3) is 0.462. The van der Waals surface area contributed by atoms with E-state index in [0.29, 0.717) is 12.5 Å². The molecular weight excluding hydrogens is 218 g/mol. The van der Waals surface area contributed by atoms with Crippen molar-refractivity contribution in [2.75, 3.05) is 6.61 Å². The minimum absolute atomic E-state index is 0.519. The van der Waals surface area contributed by atoms with Crippen LogP contribution in [0.15, 0.2) is 12.1 Å². The van der Waals surface area contributed by atoms with Crippen LogP contribution in [0.25, 0.3) is 10.2 Å². The number of thiazole rings is 1. The Labute approximate surface area is 100 Å². The molecule has 0 radical (unpaired) electrons. The van der Waals surface area contributed by atoms with Gasteiger partial charge in [-0.15, -0.1) is 11.3 Å². The summed E-state index contributed by atoms with van der Waals surface area (Å²) in [7, 11) is 0. The van der Waals surface area contributed by atoms with E-state index in [1.807, 2.05) is 13.8 Å². The average Bonchev–Trinajstić information content (AvgIpc) is 2.58. The van der Waals surface area contributed by atoms with Crippen LogP contribution in [0.1, 0.15) is 37.3 Å². The Morgan fingerprint density at radius 1 is 1.38 bits per heavy atom. The fourth-order valence-electron chi connectivity index (χ4n) is 1.73. The van der Waals surface area contributed by atoms with Gasteiger partial charge in [-0.25, -0.2) is 4.98 Å². The van der Waals surface area contributed by atoms with E-state index >= 15 is 0 Å². The number of hydrogen-bond acceptors (Lipinski definition) is 3. The summed E-state index contributed by atoms with van der Waals surface area (Å²) < 4.78 is 6.90. The topological polar surface area (TPSA) is 22.1 Å². The fourth-order valence-corrected chi connectivity index (χ4v) is 2.62. The van der Waals surface area contributed by atoms with E-state index in [-0.39, 0.29) is 0 Å². The third-order valence-corrected chi connectivity index (χ3v) is 3.47. The van der Waals surface area contributed by atoms with Gasteiger partial charge in [0.25, 0.3) is 0 Å². The normalized spacial score (nSPS) is 11.3. The molecule has 3 heteroatoms. The van der Waals surface area contributed by atoms with Crippen LogP contribution < -0.4 is 4.74 Å². The molecule has 0 bridgehead atoms. The first kappa shape index (κ1) is 11.4. The van der Waals surface area contributed by atoms with E-state index in [2.05, 4.69) is 31.0 Å². The molecule has 0 amide bonds. The van der Waals surface area contributed by atoms with Gasteiger partial charge in [0.15, 0.2) is 0 Å². The van der Waals surface area contributed by atoms with Gasteiger partial charge in [-0.2, -0.15) is 0 Å². The highest BCUT2D eigenvalue weighted by atomic mass is 32.1. The molecular formula is C13H17NOS. The average molecular weight is 235 g/mol. The highest BCUT2D eigenvalue weighted by Gasteiger charge is 2.11. The number of benzene rings is 1. The van der Waals surface area contributed by atoms with Crippen molar-refractivity contribution in [3.8, 4) is 5.75 Å². The number of aryl methyl sites for hydroxylation is 1. The minimum atomic E-state index is 0.519. The first-order valence-corrected chi connectivity index (χ1v) is 6.47. The van der Waals surface area contributed by atoms with Crippen molar-refractivity contribution in [3.05, 3.63) is 22.7 Å². The van der Waals surface area contributed by atoms with Crippen molar-refractivity contribution in [2.24, 2.45) is 0 Å². The first-order chi connectivity index (χ1) is 7.61. The summed E-state index contributed by atoms with van der Waals surface area (Å²) in [5.41, 5.74) is 2.33. The van der Waals surface area contributed by atoms with Crippen LogP contribution in [0.2, 0.25) is 0 Å². The molecule has 0 atom stereocenters. The molecule has 2 rings (SSSR count). The van der Waals surface area contributed by atoms with Crippen molar-refractivity contribution in [3.63, 3.8) is 0 Å². The summed E-state index contributed by atoms with van der Waals surface area (Å²) in [6, 6.07) is 4.35. The zero-order valence-electron chi connectivity index (χ0n) is 10.2. The Bertz CT molecular complexity index is 502. The quantitative estimate of drug-likeness (QED) is 0.798. The number of rotatable bonds is 3. The molecule has 0 saturated carbocycles. The summed E-state index contributed by atoms with van der Waals surface area (Å²) in [5.74, 6) is 1.44. The van der Waals surface area contributed by atoms with Gasteiger partial charge in [0, 0.05) is 0 Å². The molecule has 1 aromatic heterocycles. The molecule has 0 aliphatic carbocycles. The summed E-state index contributed by atoms with van der Waals surface area (Å²) in [4.78, 5) is 4.53. The number of aromatic nitrogens is 1. The Kier molecular flexibility index (Phi) is 3.15. The van der Waals surface area contributed by atoms with Crippen molar-refractivity contribution in [1.82, 2.24) is 4.98 Å². The van der Waals surface area contributed by atoms with Crippen molar-refractivity contribution in [1.29, 1.82) is 0 Å². The summed E-state index contributed by atoms with van der Waals surface area (Å²) in [6.07, 6.45) is 0. The van der Waals surface area contributed by atoms with Gasteiger partial charge in [0.2, 0.25) is 0 Å². The van der Waals surface area contributed by atoms with Gasteiger partial charge >= 0.3 is 0 Å². The van der Waals surface area contributed by atoms with Gasteiger partial charge in [-0.3, -0.25) is 0 Å². The molecule has 86 valence electrons. The van der Waals surface area contributed by atoms with Crippen LogP contribution >= 0.6 is 11.3 Å². The highest BCUT2D eigenvalue weighted by molar-refractivity contribution is 7.18. The lowest BCUT2D eigenvalue weighted by Crippen LogP contribution is -1.95. The van der Waals surface area contributed by atoms with Crippen LogP contribution in [0.3, 0.4) is 0 Å². The monoisotopic (exact) mass is 235 g/mol. The van der Waals surface area contributed by atoms with E-state index in [4.69, 9.17) is 4.74 Å². The molecule has 0 unspecified atom stereocenters. The molecule has 0 aliphatic rings. The molecule has 1 heterocycles. The van der Waals surface area contributed by atoms with E-state index in [1.54, 1.807) is 11.3 Å². The third-order valence-electron chi connectivity index (χ3n) is 2.56. The van der Waals surface area contributed by atoms with Gasteiger partial charge in [-0.1, -0.05) is 13.8 Å². The Morgan fingerprint density at radius 2 is 2.12 bits per heavy atom. The van der Waals surface area contributed by atoms with Gasteiger partial charge in [0.1, 0.15) is 11.3 Å². The molecule has 1 aromatic carbocycles. The van der Waals surface area contributed by atoms with Crippen LogP contribution in [0.4, 0.5) is 0 Å². The maximum absolute atomic E-state index is 5.67. The zero-order valence-corrected chi connectivity index (χ0v) is 11.0. The highest BCUT2D eigenvalue weighted by Crippen LogP contribution is 2.33. The second-order valence-corrected chi connectivity index (χ2v) is 5.42. The van der Waals surface area contributed by atoms with Crippen LogP contribution in [-0.2, 0) is 0 Å². The smallest absolute Gasteiger partial charge is 0.146 e. The molecule has 2 aromatic rings. The molecule has 16 heavy (non-hydrogen) atoms. The van der Waals surface area contributed by atoms with Crippen molar-refractivity contribution < 1.29 is 4.74 Å². The SMILES string of the molecule is CCOc1cc(C(C)C)cc2sc(C)nc12. The van der Waals surface area contributed by atoms with E-state index < -0.39 is 0 Å². The molecule has 2 nitrogen and oxygen atoms in total. The predicted molar refractivity (Wildman–Crippen MR) is 69.6 cm³/mol. The van der Waals surface area contributed by atoms with Gasteiger partial charge < -0.3 is 4.74 Å². The summed E-state index contributed by atoms with van der Waals surface area (Å²) >= 11 is 1.73. The van der Waals surface area contributed by atoms with Crippen LogP contribution in [-0.4, -0.2) is 11.6 Å². The summed E-state index contributed by atoms with van der Waals surface area (Å²) in [6.45, 7) is 9.13.